The largest absolute Gasteiger partial charge is 0.463 e. The van der Waals surface area contributed by atoms with Crippen LogP contribution in [0.25, 0.3) is 0 Å². The van der Waals surface area contributed by atoms with Crippen LogP contribution in [0.15, 0.2) is 45.9 Å². The number of methoxy groups -OCH3 is 1. The van der Waals surface area contributed by atoms with Crippen molar-refractivity contribution in [2.75, 3.05) is 11.8 Å². The molecule has 0 saturated heterocycles. The Labute approximate surface area is 135 Å². The number of unbranched alkanes of at least 4 members (excludes halogenated alkanes) is 1. The van der Waals surface area contributed by atoms with Gasteiger partial charge in [-0.05, 0) is 42.7 Å². The van der Waals surface area contributed by atoms with Crippen LogP contribution in [-0.4, -0.2) is 21.5 Å². The van der Waals surface area contributed by atoms with Gasteiger partial charge < -0.3 is 9.15 Å². The molecule has 0 unspecified atom stereocenters. The summed E-state index contributed by atoms with van der Waals surface area (Å²) in [5.41, 5.74) is 1.59. The van der Waals surface area contributed by atoms with Crippen molar-refractivity contribution in [2.45, 2.75) is 31.3 Å². The number of benzene rings is 1. The summed E-state index contributed by atoms with van der Waals surface area (Å²) < 4.78 is 36.4. The zero-order valence-corrected chi connectivity index (χ0v) is 13.9. The maximum atomic E-state index is 12.2. The quantitative estimate of drug-likeness (QED) is 0.784. The highest BCUT2D eigenvalue weighted by Crippen LogP contribution is 2.19. The summed E-state index contributed by atoms with van der Waals surface area (Å²) in [6.07, 6.45) is 3.16. The maximum Gasteiger partial charge on any atom is 0.374 e. The predicted molar refractivity (Wildman–Crippen MR) is 85.9 cm³/mol. The lowest BCUT2D eigenvalue weighted by Gasteiger charge is -2.07. The van der Waals surface area contributed by atoms with Crippen LogP contribution in [0.5, 0.6) is 0 Å². The van der Waals surface area contributed by atoms with E-state index in [1.165, 1.54) is 19.2 Å². The van der Waals surface area contributed by atoms with Crippen molar-refractivity contribution in [1.29, 1.82) is 0 Å². The van der Waals surface area contributed by atoms with Gasteiger partial charge in [-0.2, -0.15) is 8.42 Å². The summed E-state index contributed by atoms with van der Waals surface area (Å²) in [5, 5.41) is -0.340. The molecule has 2 aromatic rings. The molecule has 7 heteroatoms. The summed E-state index contributed by atoms with van der Waals surface area (Å²) in [4.78, 5) is 11.3. The highest BCUT2D eigenvalue weighted by atomic mass is 32.2. The van der Waals surface area contributed by atoms with Crippen molar-refractivity contribution in [3.63, 3.8) is 0 Å². The lowest BCUT2D eigenvalue weighted by Crippen LogP contribution is -2.12. The van der Waals surface area contributed by atoms with E-state index >= 15 is 0 Å². The monoisotopic (exact) mass is 337 g/mol. The zero-order valence-electron chi connectivity index (χ0n) is 13.0. The second-order valence-corrected chi connectivity index (χ2v) is 6.63. The highest BCUT2D eigenvalue weighted by molar-refractivity contribution is 7.92. The second kappa shape index (κ2) is 7.32. The molecule has 1 aromatic carbocycles. The molecular formula is C16H19NO5S. The third-order valence-electron chi connectivity index (χ3n) is 3.26. The highest BCUT2D eigenvalue weighted by Gasteiger charge is 2.21. The number of rotatable bonds is 7. The molecule has 0 aliphatic carbocycles. The number of nitrogens with one attached hydrogen (secondary N) is 1. The number of carbonyl (C=O) groups excluding carboxylic acids is 1. The van der Waals surface area contributed by atoms with Crippen LogP contribution in [0.4, 0.5) is 5.69 Å². The van der Waals surface area contributed by atoms with E-state index in [0.717, 1.165) is 24.8 Å². The van der Waals surface area contributed by atoms with Gasteiger partial charge in [0.2, 0.25) is 10.9 Å². The lowest BCUT2D eigenvalue weighted by molar-refractivity contribution is 0.0559. The molecule has 0 radical (unpaired) electrons. The standard InChI is InChI=1S/C16H19NO5S/c1-3-4-5-12-6-8-13(9-7-12)17-23(19,20)15-11-10-14(22-15)16(18)21-2/h6-11,17H,3-5H2,1-2H3. The van der Waals surface area contributed by atoms with Gasteiger partial charge in [0.1, 0.15) is 0 Å². The minimum absolute atomic E-state index is 0.164. The van der Waals surface area contributed by atoms with Gasteiger partial charge in [-0.25, -0.2) is 4.79 Å². The minimum Gasteiger partial charge on any atom is -0.463 e. The van der Waals surface area contributed by atoms with Crippen molar-refractivity contribution in [2.24, 2.45) is 0 Å². The molecule has 0 spiro atoms. The van der Waals surface area contributed by atoms with E-state index in [1.54, 1.807) is 12.1 Å². The van der Waals surface area contributed by atoms with Gasteiger partial charge >= 0.3 is 5.97 Å². The van der Waals surface area contributed by atoms with Gasteiger partial charge in [0.15, 0.2) is 0 Å². The van der Waals surface area contributed by atoms with E-state index in [1.807, 2.05) is 12.1 Å². The predicted octanol–water partition coefficient (Wildman–Crippen LogP) is 3.21. The summed E-state index contributed by atoms with van der Waals surface area (Å²) in [5.74, 6) is -0.894. The Morgan fingerprint density at radius 2 is 1.87 bits per heavy atom. The number of sulfonamides is 1. The smallest absolute Gasteiger partial charge is 0.374 e. The van der Waals surface area contributed by atoms with Gasteiger partial charge in [-0.3, -0.25) is 4.72 Å². The van der Waals surface area contributed by atoms with Gasteiger partial charge in [0.05, 0.1) is 7.11 Å². The number of aryl methyl sites for hydroxylation is 1. The van der Waals surface area contributed by atoms with Crippen LogP contribution in [0.2, 0.25) is 0 Å². The first kappa shape index (κ1) is 17.1. The fraction of sp³-hybridized carbons (Fsp3) is 0.312. The number of carbonyl (C=O) groups is 1. The Morgan fingerprint density at radius 1 is 1.17 bits per heavy atom. The number of anilines is 1. The maximum absolute atomic E-state index is 12.2. The van der Waals surface area contributed by atoms with Crippen LogP contribution in [0.3, 0.4) is 0 Å². The normalized spacial score (nSPS) is 11.2. The molecule has 0 atom stereocenters. The third kappa shape index (κ3) is 4.35. The van der Waals surface area contributed by atoms with Gasteiger partial charge in [-0.1, -0.05) is 25.5 Å². The van der Waals surface area contributed by atoms with Gasteiger partial charge in [-0.15, -0.1) is 0 Å². The van der Waals surface area contributed by atoms with E-state index < -0.39 is 16.0 Å². The van der Waals surface area contributed by atoms with Crippen LogP contribution in [-0.2, 0) is 21.2 Å². The van der Waals surface area contributed by atoms with Crippen LogP contribution in [0.1, 0.15) is 35.9 Å². The van der Waals surface area contributed by atoms with E-state index in [9.17, 15) is 13.2 Å². The molecule has 1 heterocycles. The number of furan rings is 1. The molecule has 0 saturated carbocycles. The summed E-state index contributed by atoms with van der Waals surface area (Å²) in [7, 11) is -2.70. The molecule has 2 rings (SSSR count). The van der Waals surface area contributed by atoms with Crippen molar-refractivity contribution >= 4 is 21.7 Å². The van der Waals surface area contributed by atoms with E-state index in [2.05, 4.69) is 16.4 Å². The molecular weight excluding hydrogens is 318 g/mol. The van der Waals surface area contributed by atoms with Crippen LogP contribution < -0.4 is 4.72 Å². The average molecular weight is 337 g/mol. The first-order valence-electron chi connectivity index (χ1n) is 7.26. The third-order valence-corrected chi connectivity index (χ3v) is 4.51. The summed E-state index contributed by atoms with van der Waals surface area (Å²) >= 11 is 0. The van der Waals surface area contributed by atoms with Gasteiger partial charge in [0, 0.05) is 5.69 Å². The number of hydrogen-bond acceptors (Lipinski definition) is 5. The van der Waals surface area contributed by atoms with Gasteiger partial charge in [0.25, 0.3) is 10.0 Å². The summed E-state index contributed by atoms with van der Waals surface area (Å²) in [6, 6.07) is 9.64. The number of esters is 1. The Morgan fingerprint density at radius 3 is 2.48 bits per heavy atom. The molecule has 0 bridgehead atoms. The lowest BCUT2D eigenvalue weighted by atomic mass is 10.1. The molecule has 23 heavy (non-hydrogen) atoms. The molecule has 0 fully saturated rings. The fourth-order valence-electron chi connectivity index (χ4n) is 2.00. The Kier molecular flexibility index (Phi) is 5.44. The van der Waals surface area contributed by atoms with Crippen LogP contribution in [0, 0.1) is 0 Å². The summed E-state index contributed by atoms with van der Waals surface area (Å²) in [6.45, 7) is 2.12. The van der Waals surface area contributed by atoms with E-state index in [4.69, 9.17) is 4.42 Å². The first-order valence-corrected chi connectivity index (χ1v) is 8.74. The van der Waals surface area contributed by atoms with Crippen LogP contribution >= 0.6 is 0 Å². The topological polar surface area (TPSA) is 85.6 Å². The second-order valence-electron chi connectivity index (χ2n) is 5.02. The Bertz CT molecular complexity index is 762. The molecule has 6 nitrogen and oxygen atoms in total. The van der Waals surface area contributed by atoms with Crippen molar-refractivity contribution < 1.29 is 22.4 Å². The minimum atomic E-state index is -3.89. The fourth-order valence-corrected chi connectivity index (χ4v) is 2.99. The SMILES string of the molecule is CCCCc1ccc(NS(=O)(=O)c2ccc(C(=O)OC)o2)cc1. The molecule has 124 valence electrons. The average Bonchev–Trinajstić information content (AvgIpc) is 3.04. The first-order chi connectivity index (χ1) is 11.0. The molecule has 1 N–H and O–H groups in total. The van der Waals surface area contributed by atoms with Crippen molar-refractivity contribution in [1.82, 2.24) is 0 Å². The molecule has 0 amide bonds. The Hall–Kier alpha value is -2.28. The molecule has 1 aromatic heterocycles. The van der Waals surface area contributed by atoms with Crippen molar-refractivity contribution in [3.05, 3.63) is 47.7 Å². The van der Waals surface area contributed by atoms with E-state index in [-0.39, 0.29) is 10.9 Å². The number of hydrogen-bond donors (Lipinski definition) is 1. The van der Waals surface area contributed by atoms with E-state index in [0.29, 0.717) is 5.69 Å². The Balaban J connectivity index is 2.11. The molecule has 0 aliphatic heterocycles. The van der Waals surface area contributed by atoms with Crippen molar-refractivity contribution in [3.8, 4) is 0 Å². The zero-order chi connectivity index (χ0) is 16.9. The molecule has 0 aliphatic rings. The number of ether oxygens (including phenoxy) is 1.